The monoisotopic (exact) mass is 239 g/mol. The summed E-state index contributed by atoms with van der Waals surface area (Å²) in [4.78, 5) is 0. The predicted molar refractivity (Wildman–Crippen MR) is 54.0 cm³/mol. The first-order valence-corrected chi connectivity index (χ1v) is 4.77. The van der Waals surface area contributed by atoms with Crippen LogP contribution in [0.4, 0.5) is 0 Å². The molecule has 0 fully saturated rings. The van der Waals surface area contributed by atoms with Crippen LogP contribution in [0.25, 0.3) is 0 Å². The number of hydrogen-bond acceptors (Lipinski definition) is 2. The Morgan fingerprint density at radius 2 is 2.38 bits per heavy atom. The molecule has 0 aromatic heterocycles. The number of ether oxygens (including phenoxy) is 1. The topological polar surface area (TPSA) is 33.0 Å². The van der Waals surface area contributed by atoms with Crippen molar-refractivity contribution < 1.29 is 4.74 Å². The van der Waals surface area contributed by atoms with Gasteiger partial charge in [-0.2, -0.15) is 5.26 Å². The average Bonchev–Trinajstić information content (AvgIpc) is 2.14. The highest BCUT2D eigenvalue weighted by Gasteiger charge is 1.99. The first kappa shape index (κ1) is 10.2. The van der Waals surface area contributed by atoms with E-state index in [1.807, 2.05) is 30.3 Å². The Bertz CT molecular complexity index is 319. The fourth-order valence-electron chi connectivity index (χ4n) is 0.885. The van der Waals surface area contributed by atoms with Crippen molar-refractivity contribution in [2.24, 2.45) is 0 Å². The highest BCUT2D eigenvalue weighted by Crippen LogP contribution is 2.12. The Kier molecular flexibility index (Phi) is 3.94. The molecule has 0 radical (unpaired) electrons. The quantitative estimate of drug-likeness (QED) is 0.813. The summed E-state index contributed by atoms with van der Waals surface area (Å²) in [5.74, 6) is 0. The van der Waals surface area contributed by atoms with Gasteiger partial charge in [0.25, 0.3) is 0 Å². The van der Waals surface area contributed by atoms with Crippen LogP contribution in [0.1, 0.15) is 12.5 Å². The first-order valence-electron chi connectivity index (χ1n) is 3.98. The number of rotatable bonds is 3. The smallest absolute Gasteiger partial charge is 0.141 e. The van der Waals surface area contributed by atoms with Gasteiger partial charge in [0.15, 0.2) is 0 Å². The maximum atomic E-state index is 8.48. The van der Waals surface area contributed by atoms with Crippen LogP contribution < -0.4 is 0 Å². The molecule has 13 heavy (non-hydrogen) atoms. The molecule has 0 aliphatic heterocycles. The van der Waals surface area contributed by atoms with Crippen LogP contribution in [-0.2, 0) is 11.3 Å². The Morgan fingerprint density at radius 3 is 3.00 bits per heavy atom. The van der Waals surface area contributed by atoms with Crippen molar-refractivity contribution in [3.05, 3.63) is 34.3 Å². The number of nitriles is 1. The number of halogens is 1. The SMILES string of the molecule is CC(C#N)OCc1cccc(Br)c1. The zero-order valence-electron chi connectivity index (χ0n) is 7.33. The molecule has 0 N–H and O–H groups in total. The first-order chi connectivity index (χ1) is 6.22. The second-order valence-corrected chi connectivity index (χ2v) is 3.63. The molecule has 0 aliphatic rings. The highest BCUT2D eigenvalue weighted by atomic mass is 79.9. The van der Waals surface area contributed by atoms with E-state index in [0.717, 1.165) is 10.0 Å². The summed E-state index contributed by atoms with van der Waals surface area (Å²) in [6, 6.07) is 9.86. The van der Waals surface area contributed by atoms with Crippen molar-refractivity contribution in [1.29, 1.82) is 5.26 Å². The summed E-state index contributed by atoms with van der Waals surface area (Å²) in [6.07, 6.45) is -0.348. The van der Waals surface area contributed by atoms with Gasteiger partial charge in [0, 0.05) is 4.47 Å². The van der Waals surface area contributed by atoms with Crippen molar-refractivity contribution in [2.45, 2.75) is 19.6 Å². The van der Waals surface area contributed by atoms with Gasteiger partial charge in [-0.3, -0.25) is 0 Å². The Hall–Kier alpha value is -0.850. The lowest BCUT2D eigenvalue weighted by Crippen LogP contribution is -2.04. The minimum absolute atomic E-state index is 0.348. The molecule has 2 nitrogen and oxygen atoms in total. The molecule has 0 amide bonds. The molecule has 1 aromatic carbocycles. The molecule has 1 rings (SSSR count). The van der Waals surface area contributed by atoms with Crippen molar-refractivity contribution in [3.8, 4) is 6.07 Å². The van der Waals surface area contributed by atoms with Crippen LogP contribution in [0, 0.1) is 11.3 Å². The lowest BCUT2D eigenvalue weighted by atomic mass is 10.2. The van der Waals surface area contributed by atoms with Gasteiger partial charge in [-0.25, -0.2) is 0 Å². The van der Waals surface area contributed by atoms with E-state index in [2.05, 4.69) is 15.9 Å². The highest BCUT2D eigenvalue weighted by molar-refractivity contribution is 9.10. The van der Waals surface area contributed by atoms with E-state index in [1.54, 1.807) is 6.92 Å². The Balaban J connectivity index is 2.51. The van der Waals surface area contributed by atoms with Crippen LogP contribution in [0.2, 0.25) is 0 Å². The minimum Gasteiger partial charge on any atom is -0.359 e. The van der Waals surface area contributed by atoms with Crippen LogP contribution in [0.3, 0.4) is 0 Å². The van der Waals surface area contributed by atoms with E-state index >= 15 is 0 Å². The van der Waals surface area contributed by atoms with Crippen LogP contribution >= 0.6 is 15.9 Å². The van der Waals surface area contributed by atoms with Crippen molar-refractivity contribution in [1.82, 2.24) is 0 Å². The molecule has 0 saturated carbocycles. The van der Waals surface area contributed by atoms with Gasteiger partial charge in [-0.15, -0.1) is 0 Å². The molecule has 0 bridgehead atoms. The van der Waals surface area contributed by atoms with Crippen molar-refractivity contribution in [3.63, 3.8) is 0 Å². The normalized spacial score (nSPS) is 12.1. The largest absolute Gasteiger partial charge is 0.359 e. The van der Waals surface area contributed by atoms with Gasteiger partial charge < -0.3 is 4.74 Å². The number of nitrogens with zero attached hydrogens (tertiary/aromatic N) is 1. The Morgan fingerprint density at radius 1 is 1.62 bits per heavy atom. The summed E-state index contributed by atoms with van der Waals surface area (Å²) in [7, 11) is 0. The standard InChI is InChI=1S/C10H10BrNO/c1-8(6-12)13-7-9-3-2-4-10(11)5-9/h2-5,8H,7H2,1H3. The minimum atomic E-state index is -0.348. The number of hydrogen-bond donors (Lipinski definition) is 0. The fraction of sp³-hybridized carbons (Fsp3) is 0.300. The van der Waals surface area contributed by atoms with Gasteiger partial charge in [-0.1, -0.05) is 28.1 Å². The maximum absolute atomic E-state index is 8.48. The van der Waals surface area contributed by atoms with E-state index in [1.165, 1.54) is 0 Å². The van der Waals surface area contributed by atoms with Crippen LogP contribution in [-0.4, -0.2) is 6.10 Å². The second-order valence-electron chi connectivity index (χ2n) is 2.71. The summed E-state index contributed by atoms with van der Waals surface area (Å²) in [6.45, 7) is 2.21. The third-order valence-corrected chi connectivity index (χ3v) is 2.06. The van der Waals surface area contributed by atoms with Crippen LogP contribution in [0.15, 0.2) is 28.7 Å². The molecular formula is C10H10BrNO. The van der Waals surface area contributed by atoms with Crippen LogP contribution in [0.5, 0.6) is 0 Å². The zero-order chi connectivity index (χ0) is 9.68. The molecule has 1 atom stereocenters. The van der Waals surface area contributed by atoms with Gasteiger partial charge in [0.05, 0.1) is 12.7 Å². The van der Waals surface area contributed by atoms with Crippen molar-refractivity contribution >= 4 is 15.9 Å². The molecule has 3 heteroatoms. The van der Waals surface area contributed by atoms with Gasteiger partial charge in [0.1, 0.15) is 6.10 Å². The summed E-state index contributed by atoms with van der Waals surface area (Å²) < 4.78 is 6.28. The van der Waals surface area contributed by atoms with E-state index in [4.69, 9.17) is 10.00 Å². The molecule has 1 aromatic rings. The van der Waals surface area contributed by atoms with Crippen molar-refractivity contribution in [2.75, 3.05) is 0 Å². The van der Waals surface area contributed by atoms with E-state index < -0.39 is 0 Å². The van der Waals surface area contributed by atoms with E-state index in [0.29, 0.717) is 6.61 Å². The van der Waals surface area contributed by atoms with Gasteiger partial charge >= 0.3 is 0 Å². The third kappa shape index (κ3) is 3.58. The summed E-state index contributed by atoms with van der Waals surface area (Å²) in [5.41, 5.74) is 1.07. The predicted octanol–water partition coefficient (Wildman–Crippen LogP) is 2.88. The zero-order valence-corrected chi connectivity index (χ0v) is 8.91. The lowest BCUT2D eigenvalue weighted by molar-refractivity contribution is 0.0887. The fourth-order valence-corrected chi connectivity index (χ4v) is 1.33. The molecule has 0 saturated heterocycles. The lowest BCUT2D eigenvalue weighted by Gasteiger charge is -2.05. The molecule has 68 valence electrons. The maximum Gasteiger partial charge on any atom is 0.141 e. The molecule has 0 heterocycles. The van der Waals surface area contributed by atoms with E-state index in [-0.39, 0.29) is 6.10 Å². The third-order valence-electron chi connectivity index (χ3n) is 1.57. The summed E-state index contributed by atoms with van der Waals surface area (Å²) in [5, 5.41) is 8.48. The Labute approximate surface area is 86.3 Å². The number of benzene rings is 1. The summed E-state index contributed by atoms with van der Waals surface area (Å²) >= 11 is 3.37. The second kappa shape index (κ2) is 5.00. The molecular weight excluding hydrogens is 230 g/mol. The molecule has 1 unspecified atom stereocenters. The van der Waals surface area contributed by atoms with E-state index in [9.17, 15) is 0 Å². The van der Waals surface area contributed by atoms with Gasteiger partial charge in [0.2, 0.25) is 0 Å². The average molecular weight is 240 g/mol. The molecule has 0 spiro atoms. The molecule has 0 aliphatic carbocycles. The van der Waals surface area contributed by atoms with Gasteiger partial charge in [-0.05, 0) is 24.6 Å².